The summed E-state index contributed by atoms with van der Waals surface area (Å²) in [6.45, 7) is 1.66. The normalized spacial score (nSPS) is 19.6. The molecule has 2 aromatic heterocycles. The summed E-state index contributed by atoms with van der Waals surface area (Å²) in [5.41, 5.74) is 0.817. The first kappa shape index (κ1) is 12.4. The maximum atomic E-state index is 12.5. The van der Waals surface area contributed by atoms with Gasteiger partial charge in [-0.3, -0.25) is 9.48 Å². The van der Waals surface area contributed by atoms with Crippen LogP contribution in [0.2, 0.25) is 0 Å². The van der Waals surface area contributed by atoms with E-state index >= 15 is 0 Å². The fourth-order valence-electron chi connectivity index (χ4n) is 2.63. The third-order valence-corrected chi connectivity index (χ3v) is 4.30. The van der Waals surface area contributed by atoms with Crippen LogP contribution in [0.4, 0.5) is 0 Å². The van der Waals surface area contributed by atoms with Gasteiger partial charge in [0.15, 0.2) is 0 Å². The van der Waals surface area contributed by atoms with Crippen LogP contribution < -0.4 is 0 Å². The van der Waals surface area contributed by atoms with Gasteiger partial charge in [-0.25, -0.2) is 0 Å². The van der Waals surface area contributed by atoms with E-state index in [0.717, 1.165) is 31.5 Å². The Labute approximate surface area is 116 Å². The van der Waals surface area contributed by atoms with E-state index in [1.165, 1.54) is 6.42 Å². The minimum Gasteiger partial charge on any atom is -0.334 e. The van der Waals surface area contributed by atoms with Gasteiger partial charge in [0, 0.05) is 24.3 Å². The summed E-state index contributed by atoms with van der Waals surface area (Å²) in [6, 6.07) is 4.10. The Morgan fingerprint density at radius 2 is 2.42 bits per heavy atom. The molecule has 4 nitrogen and oxygen atoms in total. The number of aromatic nitrogens is 2. The third-order valence-electron chi connectivity index (χ3n) is 3.61. The molecule has 1 atom stereocenters. The second-order valence-corrected chi connectivity index (χ2v) is 5.67. The fraction of sp³-hybridized carbons (Fsp3) is 0.429. The molecule has 1 aliphatic heterocycles. The largest absolute Gasteiger partial charge is 0.334 e. The molecule has 2 aromatic rings. The topological polar surface area (TPSA) is 38.1 Å². The molecular formula is C14H17N3OS. The summed E-state index contributed by atoms with van der Waals surface area (Å²) < 4.78 is 1.92. The van der Waals surface area contributed by atoms with Crippen molar-refractivity contribution in [1.29, 1.82) is 0 Å². The van der Waals surface area contributed by atoms with Gasteiger partial charge in [0.1, 0.15) is 0 Å². The Bertz CT molecular complexity index is 521. The Balaban J connectivity index is 1.75. The zero-order valence-corrected chi connectivity index (χ0v) is 11.6. The van der Waals surface area contributed by atoms with Crippen LogP contribution in [0, 0.1) is 0 Å². The molecule has 1 saturated heterocycles. The Kier molecular flexibility index (Phi) is 3.64. The average molecular weight is 275 g/mol. The van der Waals surface area contributed by atoms with Crippen molar-refractivity contribution >= 4 is 17.2 Å². The highest BCUT2D eigenvalue weighted by Gasteiger charge is 2.27. The minimum absolute atomic E-state index is 0.165. The third kappa shape index (κ3) is 2.71. The van der Waals surface area contributed by atoms with Gasteiger partial charge in [0.25, 0.3) is 5.91 Å². The molecule has 5 heteroatoms. The molecule has 0 radical (unpaired) electrons. The molecule has 0 aliphatic carbocycles. The lowest BCUT2D eigenvalue weighted by atomic mass is 10.0. The highest BCUT2D eigenvalue weighted by Crippen LogP contribution is 2.21. The smallest absolute Gasteiger partial charge is 0.255 e. The summed E-state index contributed by atoms with van der Waals surface area (Å²) >= 11 is 1.57. The number of likely N-dealkylation sites (tertiary alicyclic amines) is 1. The quantitative estimate of drug-likeness (QED) is 0.863. The first-order valence-corrected chi connectivity index (χ1v) is 7.59. The zero-order valence-electron chi connectivity index (χ0n) is 10.7. The molecular weight excluding hydrogens is 258 g/mol. The summed E-state index contributed by atoms with van der Waals surface area (Å²) in [5, 5.41) is 8.14. The predicted octanol–water partition coefficient (Wildman–Crippen LogP) is 2.64. The molecule has 1 aliphatic rings. The molecule has 0 unspecified atom stereocenters. The Morgan fingerprint density at radius 1 is 1.47 bits per heavy atom. The number of hydrogen-bond acceptors (Lipinski definition) is 3. The van der Waals surface area contributed by atoms with Gasteiger partial charge in [-0.05, 0) is 36.8 Å². The van der Waals surface area contributed by atoms with E-state index in [1.54, 1.807) is 17.5 Å². The predicted molar refractivity (Wildman–Crippen MR) is 75.2 cm³/mol. The monoisotopic (exact) mass is 275 g/mol. The molecule has 3 heterocycles. The van der Waals surface area contributed by atoms with Crippen molar-refractivity contribution < 1.29 is 4.79 Å². The standard InChI is InChI=1S/C14H17N3OS/c18-14(12-5-9-19-11-12)17-8-2-1-4-13(17)10-16-7-3-6-15-16/h3,5-7,9,11,13H,1-2,4,8,10H2/t13-/m1/s1. The Hall–Kier alpha value is -1.62. The molecule has 3 rings (SSSR count). The molecule has 0 spiro atoms. The van der Waals surface area contributed by atoms with Crippen LogP contribution in [0.5, 0.6) is 0 Å². The van der Waals surface area contributed by atoms with Gasteiger partial charge in [-0.1, -0.05) is 0 Å². The molecule has 100 valence electrons. The Morgan fingerprint density at radius 3 is 3.16 bits per heavy atom. The second kappa shape index (κ2) is 5.57. The van der Waals surface area contributed by atoms with Crippen LogP contribution in [0.3, 0.4) is 0 Å². The maximum absolute atomic E-state index is 12.5. The minimum atomic E-state index is 0.165. The van der Waals surface area contributed by atoms with E-state index in [0.29, 0.717) is 0 Å². The molecule has 1 fully saturated rings. The van der Waals surface area contributed by atoms with Crippen LogP contribution in [-0.4, -0.2) is 33.2 Å². The highest BCUT2D eigenvalue weighted by atomic mass is 32.1. The van der Waals surface area contributed by atoms with Crippen LogP contribution in [-0.2, 0) is 6.54 Å². The van der Waals surface area contributed by atoms with Crippen molar-refractivity contribution in [3.8, 4) is 0 Å². The SMILES string of the molecule is O=C(c1ccsc1)N1CCCC[C@@H]1Cn1cccn1. The van der Waals surface area contributed by atoms with Crippen LogP contribution in [0.15, 0.2) is 35.3 Å². The van der Waals surface area contributed by atoms with Crippen molar-refractivity contribution in [3.63, 3.8) is 0 Å². The van der Waals surface area contributed by atoms with E-state index in [1.807, 2.05) is 38.7 Å². The van der Waals surface area contributed by atoms with Gasteiger partial charge in [0.2, 0.25) is 0 Å². The van der Waals surface area contributed by atoms with Crippen molar-refractivity contribution in [2.45, 2.75) is 31.8 Å². The van der Waals surface area contributed by atoms with E-state index < -0.39 is 0 Å². The summed E-state index contributed by atoms with van der Waals surface area (Å²) in [5.74, 6) is 0.165. The number of piperidine rings is 1. The lowest BCUT2D eigenvalue weighted by Gasteiger charge is -2.35. The summed E-state index contributed by atoms with van der Waals surface area (Å²) in [6.07, 6.45) is 7.11. The number of rotatable bonds is 3. The van der Waals surface area contributed by atoms with Gasteiger partial charge >= 0.3 is 0 Å². The number of carbonyl (C=O) groups is 1. The van der Waals surface area contributed by atoms with Crippen molar-refractivity contribution in [2.24, 2.45) is 0 Å². The molecule has 0 N–H and O–H groups in total. The van der Waals surface area contributed by atoms with Gasteiger partial charge in [-0.15, -0.1) is 0 Å². The number of carbonyl (C=O) groups excluding carboxylic acids is 1. The average Bonchev–Trinajstić information content (AvgIpc) is 3.11. The van der Waals surface area contributed by atoms with Crippen molar-refractivity contribution in [1.82, 2.24) is 14.7 Å². The van der Waals surface area contributed by atoms with Gasteiger partial charge < -0.3 is 4.90 Å². The lowest BCUT2D eigenvalue weighted by Crippen LogP contribution is -2.45. The van der Waals surface area contributed by atoms with Crippen LogP contribution >= 0.6 is 11.3 Å². The number of nitrogens with zero attached hydrogens (tertiary/aromatic N) is 3. The van der Waals surface area contributed by atoms with Gasteiger partial charge in [-0.2, -0.15) is 16.4 Å². The molecule has 19 heavy (non-hydrogen) atoms. The maximum Gasteiger partial charge on any atom is 0.255 e. The van der Waals surface area contributed by atoms with E-state index in [2.05, 4.69) is 5.10 Å². The molecule has 1 amide bonds. The first-order valence-electron chi connectivity index (χ1n) is 6.65. The van der Waals surface area contributed by atoms with E-state index in [4.69, 9.17) is 0 Å². The first-order chi connectivity index (χ1) is 9.34. The molecule has 0 bridgehead atoms. The molecule has 0 aromatic carbocycles. The number of amides is 1. The fourth-order valence-corrected chi connectivity index (χ4v) is 3.26. The van der Waals surface area contributed by atoms with Crippen molar-refractivity contribution in [3.05, 3.63) is 40.8 Å². The highest BCUT2D eigenvalue weighted by molar-refractivity contribution is 7.08. The van der Waals surface area contributed by atoms with E-state index in [-0.39, 0.29) is 11.9 Å². The molecule has 0 saturated carbocycles. The van der Waals surface area contributed by atoms with Crippen LogP contribution in [0.1, 0.15) is 29.6 Å². The number of hydrogen-bond donors (Lipinski definition) is 0. The van der Waals surface area contributed by atoms with Crippen LogP contribution in [0.25, 0.3) is 0 Å². The number of thiophene rings is 1. The lowest BCUT2D eigenvalue weighted by molar-refractivity contribution is 0.0584. The second-order valence-electron chi connectivity index (χ2n) is 4.89. The van der Waals surface area contributed by atoms with E-state index in [9.17, 15) is 4.79 Å². The van der Waals surface area contributed by atoms with Gasteiger partial charge in [0.05, 0.1) is 18.2 Å². The summed E-state index contributed by atoms with van der Waals surface area (Å²) in [7, 11) is 0. The zero-order chi connectivity index (χ0) is 13.1. The van der Waals surface area contributed by atoms with Crippen molar-refractivity contribution in [2.75, 3.05) is 6.54 Å². The summed E-state index contributed by atoms with van der Waals surface area (Å²) in [4.78, 5) is 14.5.